The van der Waals surface area contributed by atoms with Gasteiger partial charge in [-0.25, -0.2) is 4.68 Å². The van der Waals surface area contributed by atoms with Crippen molar-refractivity contribution in [3.8, 4) is 0 Å². The number of nitrogens with zero attached hydrogens (tertiary/aromatic N) is 4. The molecular formula is C31H34N4O3S. The minimum Gasteiger partial charge on any atom is -0.466 e. The summed E-state index contributed by atoms with van der Waals surface area (Å²) in [6, 6.07) is 12.6. The quantitative estimate of drug-likeness (QED) is 0.301. The van der Waals surface area contributed by atoms with Gasteiger partial charge in [0.05, 0.1) is 23.4 Å². The Kier molecular flexibility index (Phi) is 6.97. The van der Waals surface area contributed by atoms with E-state index < -0.39 is 0 Å². The number of thiophene rings is 1. The molecule has 1 aliphatic heterocycles. The van der Waals surface area contributed by atoms with Crippen molar-refractivity contribution in [1.82, 2.24) is 19.9 Å². The van der Waals surface area contributed by atoms with Crippen LogP contribution in [0.4, 0.5) is 0 Å². The van der Waals surface area contributed by atoms with Gasteiger partial charge < -0.3 is 9.64 Å². The molecular weight excluding hydrogens is 508 g/mol. The van der Waals surface area contributed by atoms with E-state index in [2.05, 4.69) is 47.6 Å². The first-order valence-electron chi connectivity index (χ1n) is 13.9. The number of carbonyl (C=O) groups is 2. The van der Waals surface area contributed by atoms with Gasteiger partial charge in [0.1, 0.15) is 5.52 Å². The molecule has 1 unspecified atom stereocenters. The van der Waals surface area contributed by atoms with Crippen molar-refractivity contribution in [3.05, 3.63) is 79.5 Å². The molecule has 6 rings (SSSR count). The maximum atomic E-state index is 13.5. The summed E-state index contributed by atoms with van der Waals surface area (Å²) >= 11 is 1.68. The standard InChI is InChI=1S/C31H34N4O3S/c1-4-38-29(36)17-25(22-12-13-26-30(19(22)2)32-33-34(26)3)24-10-7-9-21-18-35(15-14-23(21)24)31(37)28-16-20-8-5-6-11-27(20)39-28/h7,9-10,12-13,16,25H,4-6,8,11,14-15,17-18H2,1-3H3. The number of hydrogen-bond donors (Lipinski definition) is 0. The third-order valence-electron chi connectivity index (χ3n) is 8.30. The van der Waals surface area contributed by atoms with Crippen molar-refractivity contribution in [3.63, 3.8) is 0 Å². The molecule has 0 saturated carbocycles. The number of amides is 1. The number of aromatic nitrogens is 3. The Labute approximate surface area is 232 Å². The number of carbonyl (C=O) groups excluding carboxylic acids is 2. The second-order valence-electron chi connectivity index (χ2n) is 10.7. The van der Waals surface area contributed by atoms with Gasteiger partial charge in [0.15, 0.2) is 0 Å². The van der Waals surface area contributed by atoms with Crippen LogP contribution >= 0.6 is 11.3 Å². The zero-order valence-electron chi connectivity index (χ0n) is 22.8. The summed E-state index contributed by atoms with van der Waals surface area (Å²) in [4.78, 5) is 30.6. The molecule has 1 amide bonds. The van der Waals surface area contributed by atoms with Crippen LogP contribution in [-0.2, 0) is 42.4 Å². The van der Waals surface area contributed by atoms with Gasteiger partial charge in [-0.2, -0.15) is 0 Å². The fourth-order valence-electron chi connectivity index (χ4n) is 6.29. The van der Waals surface area contributed by atoms with Gasteiger partial charge in [0.25, 0.3) is 5.91 Å². The van der Waals surface area contributed by atoms with Crippen LogP contribution in [0.2, 0.25) is 0 Å². The molecule has 2 aliphatic rings. The lowest BCUT2D eigenvalue weighted by atomic mass is 9.80. The van der Waals surface area contributed by atoms with Gasteiger partial charge in [0.2, 0.25) is 0 Å². The second-order valence-corrected chi connectivity index (χ2v) is 11.8. The van der Waals surface area contributed by atoms with Crippen LogP contribution in [0.3, 0.4) is 0 Å². The Balaban J connectivity index is 1.34. The predicted molar refractivity (Wildman–Crippen MR) is 152 cm³/mol. The molecule has 4 aromatic rings. The van der Waals surface area contributed by atoms with E-state index in [4.69, 9.17) is 4.74 Å². The molecule has 0 saturated heterocycles. The Morgan fingerprint density at radius 2 is 1.92 bits per heavy atom. The maximum absolute atomic E-state index is 13.5. The summed E-state index contributed by atoms with van der Waals surface area (Å²) in [5.74, 6) is -0.248. The molecule has 3 heterocycles. The molecule has 2 aromatic heterocycles. The highest BCUT2D eigenvalue weighted by molar-refractivity contribution is 7.14. The Morgan fingerprint density at radius 3 is 2.74 bits per heavy atom. The number of aryl methyl sites for hydroxylation is 4. The van der Waals surface area contributed by atoms with Gasteiger partial charge in [-0.05, 0) is 91.5 Å². The zero-order chi connectivity index (χ0) is 27.1. The minimum atomic E-state index is -0.215. The van der Waals surface area contributed by atoms with Crippen LogP contribution in [-0.4, -0.2) is 44.9 Å². The number of esters is 1. The highest BCUT2D eigenvalue weighted by Gasteiger charge is 2.30. The summed E-state index contributed by atoms with van der Waals surface area (Å²) in [7, 11) is 1.89. The number of fused-ring (bicyclic) bond motifs is 3. The molecule has 8 heteroatoms. The van der Waals surface area contributed by atoms with E-state index in [1.807, 2.05) is 24.9 Å². The molecule has 7 nitrogen and oxygen atoms in total. The van der Waals surface area contributed by atoms with Crippen molar-refractivity contribution in [2.75, 3.05) is 13.2 Å². The van der Waals surface area contributed by atoms with Gasteiger partial charge in [-0.1, -0.05) is 29.5 Å². The van der Waals surface area contributed by atoms with Crippen LogP contribution < -0.4 is 0 Å². The van der Waals surface area contributed by atoms with Crippen molar-refractivity contribution >= 4 is 34.2 Å². The topological polar surface area (TPSA) is 77.3 Å². The van der Waals surface area contributed by atoms with Crippen molar-refractivity contribution in [1.29, 1.82) is 0 Å². The van der Waals surface area contributed by atoms with Crippen LogP contribution in [0.25, 0.3) is 11.0 Å². The molecule has 0 fully saturated rings. The number of benzene rings is 2. The van der Waals surface area contributed by atoms with Gasteiger partial charge in [-0.15, -0.1) is 16.4 Å². The van der Waals surface area contributed by atoms with Crippen molar-refractivity contribution < 1.29 is 14.3 Å². The summed E-state index contributed by atoms with van der Waals surface area (Å²) in [6.07, 6.45) is 5.63. The highest BCUT2D eigenvalue weighted by atomic mass is 32.1. The summed E-state index contributed by atoms with van der Waals surface area (Å²) < 4.78 is 7.17. The molecule has 0 N–H and O–H groups in total. The van der Waals surface area contributed by atoms with Gasteiger partial charge >= 0.3 is 5.97 Å². The number of hydrogen-bond acceptors (Lipinski definition) is 6. The lowest BCUT2D eigenvalue weighted by Gasteiger charge is -2.32. The molecule has 1 aliphatic carbocycles. The lowest BCUT2D eigenvalue weighted by Crippen LogP contribution is -2.36. The monoisotopic (exact) mass is 542 g/mol. The molecule has 0 spiro atoms. The van der Waals surface area contributed by atoms with Crippen molar-refractivity contribution in [2.45, 2.75) is 64.8 Å². The van der Waals surface area contributed by atoms with E-state index in [1.54, 1.807) is 16.0 Å². The van der Waals surface area contributed by atoms with E-state index in [9.17, 15) is 9.59 Å². The average Bonchev–Trinajstić information content (AvgIpc) is 3.55. The third kappa shape index (κ3) is 4.75. The molecule has 39 heavy (non-hydrogen) atoms. The maximum Gasteiger partial charge on any atom is 0.306 e. The Morgan fingerprint density at radius 1 is 1.08 bits per heavy atom. The smallest absolute Gasteiger partial charge is 0.306 e. The lowest BCUT2D eigenvalue weighted by molar-refractivity contribution is -0.143. The summed E-state index contributed by atoms with van der Waals surface area (Å²) in [6.45, 7) is 5.49. The zero-order valence-corrected chi connectivity index (χ0v) is 23.6. The first kappa shape index (κ1) is 25.7. The van der Waals surface area contributed by atoms with E-state index >= 15 is 0 Å². The predicted octanol–water partition coefficient (Wildman–Crippen LogP) is 5.50. The normalized spacial score (nSPS) is 15.6. The Hall–Kier alpha value is -3.52. The molecule has 1 atom stereocenters. The Bertz CT molecular complexity index is 1550. The SMILES string of the molecule is CCOC(=O)CC(c1cccc2c1CCN(C(=O)c1cc3c(s1)CCCC3)C2)c1ccc2c(nnn2C)c1C. The minimum absolute atomic E-state index is 0.137. The summed E-state index contributed by atoms with van der Waals surface area (Å²) in [5, 5.41) is 8.59. The van der Waals surface area contributed by atoms with E-state index in [-0.39, 0.29) is 24.2 Å². The summed E-state index contributed by atoms with van der Waals surface area (Å²) in [5.41, 5.74) is 8.79. The highest BCUT2D eigenvalue weighted by Crippen LogP contribution is 2.38. The second kappa shape index (κ2) is 10.6. The van der Waals surface area contributed by atoms with Gasteiger partial charge in [0, 0.05) is 30.9 Å². The van der Waals surface area contributed by atoms with Crippen LogP contribution in [0.5, 0.6) is 0 Å². The van der Waals surface area contributed by atoms with Crippen LogP contribution in [0.15, 0.2) is 36.4 Å². The number of ether oxygens (including phenoxy) is 1. The van der Waals surface area contributed by atoms with E-state index in [1.165, 1.54) is 28.8 Å². The van der Waals surface area contributed by atoms with E-state index in [0.29, 0.717) is 19.7 Å². The number of rotatable bonds is 6. The fraction of sp³-hybridized carbons (Fsp3) is 0.419. The van der Waals surface area contributed by atoms with Gasteiger partial charge in [-0.3, -0.25) is 9.59 Å². The van der Waals surface area contributed by atoms with Crippen molar-refractivity contribution in [2.24, 2.45) is 7.05 Å². The first-order valence-corrected chi connectivity index (χ1v) is 14.7. The molecule has 0 radical (unpaired) electrons. The fourth-order valence-corrected chi connectivity index (χ4v) is 7.51. The molecule has 202 valence electrons. The van der Waals surface area contributed by atoms with Crippen LogP contribution in [0.1, 0.15) is 80.0 Å². The average molecular weight is 543 g/mol. The first-order chi connectivity index (χ1) is 18.9. The largest absolute Gasteiger partial charge is 0.466 e. The van der Waals surface area contributed by atoms with Crippen LogP contribution in [0, 0.1) is 6.92 Å². The van der Waals surface area contributed by atoms with E-state index in [0.717, 1.165) is 57.4 Å². The third-order valence-corrected chi connectivity index (χ3v) is 9.53. The molecule has 2 aromatic carbocycles. The molecule has 0 bridgehead atoms.